The largest absolute Gasteiger partial charge is 0.493 e. The Morgan fingerprint density at radius 3 is 2.56 bits per heavy atom. The lowest BCUT2D eigenvalue weighted by molar-refractivity contribution is -0.148. The van der Waals surface area contributed by atoms with Crippen LogP contribution in [0.5, 0.6) is 11.5 Å². The number of rotatable bonds is 7. The zero-order chi connectivity index (χ0) is 19.8. The van der Waals surface area contributed by atoms with Crippen molar-refractivity contribution in [2.45, 2.75) is 39.7 Å². The Bertz CT molecular complexity index is 675. The molecule has 0 radical (unpaired) electrons. The summed E-state index contributed by atoms with van der Waals surface area (Å²) in [4.78, 5) is 25.7. The summed E-state index contributed by atoms with van der Waals surface area (Å²) in [5, 5.41) is 0. The van der Waals surface area contributed by atoms with Gasteiger partial charge in [0.25, 0.3) is 5.91 Å². The van der Waals surface area contributed by atoms with Crippen LogP contribution in [0.3, 0.4) is 0 Å². The first-order chi connectivity index (χ1) is 12.9. The van der Waals surface area contributed by atoms with E-state index in [9.17, 15) is 9.59 Å². The van der Waals surface area contributed by atoms with Gasteiger partial charge in [-0.15, -0.1) is 0 Å². The summed E-state index contributed by atoms with van der Waals surface area (Å²) < 4.78 is 16.1. The van der Waals surface area contributed by atoms with Gasteiger partial charge in [0.05, 0.1) is 13.2 Å². The second-order valence-electron chi connectivity index (χ2n) is 7.08. The molecule has 0 bridgehead atoms. The number of hydrogen-bond acceptors (Lipinski definition) is 5. The number of amides is 1. The van der Waals surface area contributed by atoms with E-state index in [1.54, 1.807) is 30.2 Å². The maximum Gasteiger partial charge on any atom is 0.331 e. The molecule has 1 amide bonds. The van der Waals surface area contributed by atoms with Gasteiger partial charge in [-0.25, -0.2) is 4.79 Å². The van der Waals surface area contributed by atoms with Crippen molar-refractivity contribution in [1.82, 2.24) is 4.90 Å². The molecule has 0 N–H and O–H groups in total. The minimum atomic E-state index is -0.546. The standard InChI is InChI=1S/C21H29NO5/c1-15(2)27-18-7-5-17(13-19(18)25-4)6-8-21(24)26-14-20(23)22-11-9-16(3)10-12-22/h5-8,13,15-16H,9-12,14H2,1-4H3/b8-6+. The number of nitrogens with zero attached hydrogens (tertiary/aromatic N) is 1. The van der Waals surface area contributed by atoms with Gasteiger partial charge in [-0.2, -0.15) is 0 Å². The van der Waals surface area contributed by atoms with E-state index in [-0.39, 0.29) is 18.6 Å². The summed E-state index contributed by atoms with van der Waals surface area (Å²) in [5.41, 5.74) is 0.774. The van der Waals surface area contributed by atoms with Crippen molar-refractivity contribution < 1.29 is 23.8 Å². The molecule has 1 fully saturated rings. The van der Waals surface area contributed by atoms with Crippen LogP contribution in [-0.4, -0.2) is 49.7 Å². The Kier molecular flexibility index (Phi) is 7.70. The Labute approximate surface area is 161 Å². The molecule has 1 aromatic rings. The zero-order valence-electron chi connectivity index (χ0n) is 16.6. The van der Waals surface area contributed by atoms with Gasteiger partial charge in [-0.1, -0.05) is 13.0 Å². The maximum atomic E-state index is 12.1. The highest BCUT2D eigenvalue weighted by atomic mass is 16.5. The zero-order valence-corrected chi connectivity index (χ0v) is 16.6. The first-order valence-electron chi connectivity index (χ1n) is 9.36. The van der Waals surface area contributed by atoms with Crippen molar-refractivity contribution in [3.8, 4) is 11.5 Å². The number of likely N-dealkylation sites (tertiary alicyclic amines) is 1. The van der Waals surface area contributed by atoms with E-state index in [1.165, 1.54) is 6.08 Å². The fourth-order valence-electron chi connectivity index (χ4n) is 2.83. The average Bonchev–Trinajstić information content (AvgIpc) is 2.65. The van der Waals surface area contributed by atoms with Gasteiger partial charge in [0.15, 0.2) is 18.1 Å². The molecule has 0 atom stereocenters. The molecule has 1 saturated heterocycles. The maximum absolute atomic E-state index is 12.1. The molecule has 27 heavy (non-hydrogen) atoms. The second kappa shape index (κ2) is 10.00. The predicted molar refractivity (Wildman–Crippen MR) is 104 cm³/mol. The van der Waals surface area contributed by atoms with Gasteiger partial charge in [0, 0.05) is 19.2 Å². The molecule has 6 heteroatoms. The van der Waals surface area contributed by atoms with Gasteiger partial charge in [-0.05, 0) is 56.4 Å². The lowest BCUT2D eigenvalue weighted by Crippen LogP contribution is -2.40. The molecule has 0 unspecified atom stereocenters. The van der Waals surface area contributed by atoms with Crippen LogP contribution in [0.25, 0.3) is 6.08 Å². The molecule has 2 rings (SSSR count). The second-order valence-corrected chi connectivity index (χ2v) is 7.08. The van der Waals surface area contributed by atoms with E-state index in [0.29, 0.717) is 17.4 Å². The summed E-state index contributed by atoms with van der Waals surface area (Å²) >= 11 is 0. The van der Waals surface area contributed by atoms with E-state index in [0.717, 1.165) is 31.5 Å². The van der Waals surface area contributed by atoms with Crippen molar-refractivity contribution in [2.24, 2.45) is 5.92 Å². The third-order valence-corrected chi connectivity index (χ3v) is 4.44. The molecule has 1 aromatic carbocycles. The van der Waals surface area contributed by atoms with E-state index in [4.69, 9.17) is 14.2 Å². The van der Waals surface area contributed by atoms with Crippen LogP contribution in [0, 0.1) is 5.92 Å². The number of carbonyl (C=O) groups excluding carboxylic acids is 2. The number of ether oxygens (including phenoxy) is 3. The van der Waals surface area contributed by atoms with E-state index >= 15 is 0 Å². The van der Waals surface area contributed by atoms with Gasteiger partial charge in [-0.3, -0.25) is 4.79 Å². The molecule has 0 aromatic heterocycles. The van der Waals surface area contributed by atoms with Crippen molar-refractivity contribution in [3.63, 3.8) is 0 Å². The van der Waals surface area contributed by atoms with Crippen molar-refractivity contribution in [1.29, 1.82) is 0 Å². The Balaban J connectivity index is 1.86. The molecular formula is C21H29NO5. The predicted octanol–water partition coefficient (Wildman–Crippen LogP) is 3.30. The highest BCUT2D eigenvalue weighted by molar-refractivity contribution is 5.89. The van der Waals surface area contributed by atoms with Crippen LogP contribution in [0.4, 0.5) is 0 Å². The molecular weight excluding hydrogens is 346 g/mol. The average molecular weight is 375 g/mol. The normalized spacial score (nSPS) is 15.2. The molecule has 0 saturated carbocycles. The molecule has 148 valence electrons. The third kappa shape index (κ3) is 6.62. The van der Waals surface area contributed by atoms with Crippen LogP contribution in [-0.2, 0) is 14.3 Å². The van der Waals surface area contributed by atoms with Crippen LogP contribution >= 0.6 is 0 Å². The minimum absolute atomic E-state index is 0.0379. The lowest BCUT2D eigenvalue weighted by atomic mass is 9.99. The van der Waals surface area contributed by atoms with Crippen LogP contribution in [0.15, 0.2) is 24.3 Å². The fourth-order valence-corrected chi connectivity index (χ4v) is 2.83. The SMILES string of the molecule is COc1cc(/C=C/C(=O)OCC(=O)N2CCC(C)CC2)ccc1OC(C)C. The van der Waals surface area contributed by atoms with Gasteiger partial charge < -0.3 is 19.1 Å². The number of piperidine rings is 1. The smallest absolute Gasteiger partial charge is 0.331 e. The number of hydrogen-bond donors (Lipinski definition) is 0. The number of methoxy groups -OCH3 is 1. The topological polar surface area (TPSA) is 65.1 Å². The Hall–Kier alpha value is -2.50. The highest BCUT2D eigenvalue weighted by Crippen LogP contribution is 2.29. The monoisotopic (exact) mass is 375 g/mol. The van der Waals surface area contributed by atoms with Crippen molar-refractivity contribution in [3.05, 3.63) is 29.8 Å². The first-order valence-corrected chi connectivity index (χ1v) is 9.36. The first kappa shape index (κ1) is 20.8. The number of carbonyl (C=O) groups is 2. The third-order valence-electron chi connectivity index (χ3n) is 4.44. The summed E-state index contributed by atoms with van der Waals surface area (Å²) in [6.07, 6.45) is 4.96. The van der Waals surface area contributed by atoms with Crippen molar-refractivity contribution >= 4 is 18.0 Å². The lowest BCUT2D eigenvalue weighted by Gasteiger charge is -2.30. The number of esters is 1. The van der Waals surface area contributed by atoms with Crippen LogP contribution in [0.1, 0.15) is 39.2 Å². The van der Waals surface area contributed by atoms with Crippen molar-refractivity contribution in [2.75, 3.05) is 26.8 Å². The Morgan fingerprint density at radius 2 is 1.93 bits per heavy atom. The number of benzene rings is 1. The molecule has 1 aliphatic rings. The van der Waals surface area contributed by atoms with Gasteiger partial charge in [0.2, 0.25) is 0 Å². The highest BCUT2D eigenvalue weighted by Gasteiger charge is 2.20. The fraction of sp³-hybridized carbons (Fsp3) is 0.524. The van der Waals surface area contributed by atoms with Crippen LogP contribution < -0.4 is 9.47 Å². The van der Waals surface area contributed by atoms with E-state index < -0.39 is 5.97 Å². The summed E-state index contributed by atoms with van der Waals surface area (Å²) in [6.45, 7) is 7.31. The van der Waals surface area contributed by atoms with Gasteiger partial charge >= 0.3 is 5.97 Å². The summed E-state index contributed by atoms with van der Waals surface area (Å²) in [6, 6.07) is 5.40. The minimum Gasteiger partial charge on any atom is -0.493 e. The molecule has 1 heterocycles. The van der Waals surface area contributed by atoms with Crippen LogP contribution in [0.2, 0.25) is 0 Å². The van der Waals surface area contributed by atoms with E-state index in [2.05, 4.69) is 6.92 Å². The molecule has 6 nitrogen and oxygen atoms in total. The summed E-state index contributed by atoms with van der Waals surface area (Å²) in [5.74, 6) is 1.20. The molecule has 1 aliphatic heterocycles. The summed E-state index contributed by atoms with van der Waals surface area (Å²) in [7, 11) is 1.57. The molecule has 0 aliphatic carbocycles. The Morgan fingerprint density at radius 1 is 1.22 bits per heavy atom. The van der Waals surface area contributed by atoms with E-state index in [1.807, 2.05) is 19.9 Å². The molecule has 0 spiro atoms. The van der Waals surface area contributed by atoms with Gasteiger partial charge in [0.1, 0.15) is 0 Å². The quantitative estimate of drug-likeness (QED) is 0.540.